The lowest BCUT2D eigenvalue weighted by atomic mass is 9.93. The molecule has 0 N–H and O–H groups in total. The van der Waals surface area contributed by atoms with Gasteiger partial charge in [0.2, 0.25) is 5.91 Å². The summed E-state index contributed by atoms with van der Waals surface area (Å²) in [6.07, 6.45) is 3.14. The topological polar surface area (TPSA) is 29.5 Å². The largest absolute Gasteiger partial charge is 0.378 e. The zero-order valence-electron chi connectivity index (χ0n) is 10.8. The highest BCUT2D eigenvalue weighted by molar-refractivity contribution is 5.73. The predicted molar refractivity (Wildman–Crippen MR) is 62.9 cm³/mol. The second kappa shape index (κ2) is 6.83. The molecule has 0 aromatic heterocycles. The van der Waals surface area contributed by atoms with E-state index in [9.17, 15) is 4.79 Å². The fourth-order valence-electron chi connectivity index (χ4n) is 1.50. The van der Waals surface area contributed by atoms with E-state index < -0.39 is 0 Å². The van der Waals surface area contributed by atoms with Crippen LogP contribution in [0.1, 0.15) is 47.0 Å². The van der Waals surface area contributed by atoms with Crippen molar-refractivity contribution in [2.45, 2.75) is 52.6 Å². The first-order chi connectivity index (χ1) is 6.99. The van der Waals surface area contributed by atoms with Gasteiger partial charge in [0.15, 0.2) is 0 Å². The highest BCUT2D eigenvalue weighted by Gasteiger charge is 2.30. The lowest BCUT2D eigenvalue weighted by Crippen LogP contribution is -2.45. The van der Waals surface area contributed by atoms with Crippen LogP contribution in [-0.2, 0) is 9.53 Å². The van der Waals surface area contributed by atoms with Gasteiger partial charge in [-0.25, -0.2) is 0 Å². The van der Waals surface area contributed by atoms with Crippen molar-refractivity contribution in [3.05, 3.63) is 0 Å². The second-order valence-corrected chi connectivity index (χ2v) is 4.37. The van der Waals surface area contributed by atoms with Crippen LogP contribution in [0.25, 0.3) is 0 Å². The summed E-state index contributed by atoms with van der Waals surface area (Å²) in [7, 11) is 1.74. The average molecular weight is 215 g/mol. The molecular weight excluding hydrogens is 190 g/mol. The van der Waals surface area contributed by atoms with Crippen LogP contribution in [0.15, 0.2) is 0 Å². The Kier molecular flexibility index (Phi) is 6.57. The fraction of sp³-hybridized carbons (Fsp3) is 0.917. The quantitative estimate of drug-likeness (QED) is 0.672. The Hall–Kier alpha value is -0.570. The van der Waals surface area contributed by atoms with Crippen LogP contribution >= 0.6 is 0 Å². The van der Waals surface area contributed by atoms with Gasteiger partial charge in [-0.1, -0.05) is 20.3 Å². The van der Waals surface area contributed by atoms with Gasteiger partial charge in [0.25, 0.3) is 0 Å². The third-order valence-corrected chi connectivity index (χ3v) is 2.76. The van der Waals surface area contributed by atoms with Crippen molar-refractivity contribution < 1.29 is 9.53 Å². The molecule has 1 saturated heterocycles. The number of amides is 1. The third-order valence-electron chi connectivity index (χ3n) is 2.76. The molecule has 3 nitrogen and oxygen atoms in total. The van der Waals surface area contributed by atoms with Gasteiger partial charge >= 0.3 is 0 Å². The third kappa shape index (κ3) is 5.17. The van der Waals surface area contributed by atoms with E-state index in [0.717, 1.165) is 25.9 Å². The summed E-state index contributed by atoms with van der Waals surface area (Å²) in [4.78, 5) is 12.9. The molecule has 0 atom stereocenters. The SMILES string of the molecule is CCC.COC1(C)CCN(C(C)=O)CC1. The van der Waals surface area contributed by atoms with Crippen molar-refractivity contribution >= 4 is 5.91 Å². The molecule has 0 saturated carbocycles. The maximum absolute atomic E-state index is 11.0. The number of carbonyl (C=O) groups excluding carboxylic acids is 1. The Morgan fingerprint density at radius 3 is 2.00 bits per heavy atom. The minimum Gasteiger partial charge on any atom is -0.378 e. The predicted octanol–water partition coefficient (Wildman–Crippen LogP) is 2.45. The molecule has 0 aliphatic carbocycles. The van der Waals surface area contributed by atoms with E-state index in [1.165, 1.54) is 6.42 Å². The standard InChI is InChI=1S/C9H17NO2.C3H8/c1-8(11)10-6-4-9(2,12-3)5-7-10;1-3-2/h4-7H2,1-3H3;3H2,1-2H3. The summed E-state index contributed by atoms with van der Waals surface area (Å²) in [5.74, 6) is 0.174. The molecule has 1 aliphatic heterocycles. The van der Waals surface area contributed by atoms with Crippen molar-refractivity contribution in [2.24, 2.45) is 0 Å². The average Bonchev–Trinajstić information content (AvgIpc) is 2.20. The summed E-state index contributed by atoms with van der Waals surface area (Å²) >= 11 is 0. The summed E-state index contributed by atoms with van der Waals surface area (Å²) in [5.41, 5.74) is -0.00799. The van der Waals surface area contributed by atoms with E-state index in [2.05, 4.69) is 20.8 Å². The molecule has 90 valence electrons. The van der Waals surface area contributed by atoms with Crippen molar-refractivity contribution in [3.63, 3.8) is 0 Å². The number of hydrogen-bond donors (Lipinski definition) is 0. The monoisotopic (exact) mass is 215 g/mol. The maximum Gasteiger partial charge on any atom is 0.219 e. The summed E-state index contributed by atoms with van der Waals surface area (Å²) in [5, 5.41) is 0. The van der Waals surface area contributed by atoms with Gasteiger partial charge in [0.05, 0.1) is 5.60 Å². The van der Waals surface area contributed by atoms with Gasteiger partial charge in [-0.15, -0.1) is 0 Å². The molecule has 15 heavy (non-hydrogen) atoms. The summed E-state index contributed by atoms with van der Waals surface area (Å²) in [6, 6.07) is 0. The molecule has 1 heterocycles. The Balaban J connectivity index is 0.000000583. The lowest BCUT2D eigenvalue weighted by molar-refractivity contribution is -0.133. The van der Waals surface area contributed by atoms with Crippen LogP contribution in [0.3, 0.4) is 0 Å². The van der Waals surface area contributed by atoms with Crippen molar-refractivity contribution in [3.8, 4) is 0 Å². The molecule has 1 fully saturated rings. The van der Waals surface area contributed by atoms with E-state index in [0.29, 0.717) is 0 Å². The number of ether oxygens (including phenoxy) is 1. The molecule has 0 spiro atoms. The van der Waals surface area contributed by atoms with E-state index in [4.69, 9.17) is 4.74 Å². The van der Waals surface area contributed by atoms with Gasteiger partial charge < -0.3 is 9.64 Å². The lowest BCUT2D eigenvalue weighted by Gasteiger charge is -2.37. The minimum absolute atomic E-state index is 0.00799. The van der Waals surface area contributed by atoms with Crippen molar-refractivity contribution in [2.75, 3.05) is 20.2 Å². The molecular formula is C12H25NO2. The number of carbonyl (C=O) groups is 1. The van der Waals surface area contributed by atoms with Crippen molar-refractivity contribution in [1.29, 1.82) is 0 Å². The summed E-state index contributed by atoms with van der Waals surface area (Å²) in [6.45, 7) is 9.64. The number of rotatable bonds is 1. The number of methoxy groups -OCH3 is 1. The van der Waals surface area contributed by atoms with Gasteiger partial charge in [-0.05, 0) is 19.8 Å². The molecule has 0 bridgehead atoms. The first kappa shape index (κ1) is 14.4. The summed E-state index contributed by atoms with van der Waals surface area (Å²) < 4.78 is 5.37. The molecule has 0 radical (unpaired) electrons. The zero-order valence-corrected chi connectivity index (χ0v) is 10.8. The molecule has 0 aromatic carbocycles. The normalized spacial score (nSPS) is 19.1. The van der Waals surface area contributed by atoms with Gasteiger partial charge in [0.1, 0.15) is 0 Å². The second-order valence-electron chi connectivity index (χ2n) is 4.37. The molecule has 0 aromatic rings. The first-order valence-electron chi connectivity index (χ1n) is 5.79. The van der Waals surface area contributed by atoms with Crippen LogP contribution in [-0.4, -0.2) is 36.6 Å². The fourth-order valence-corrected chi connectivity index (χ4v) is 1.50. The van der Waals surface area contributed by atoms with Gasteiger partial charge in [0, 0.05) is 27.1 Å². The highest BCUT2D eigenvalue weighted by atomic mass is 16.5. The van der Waals surface area contributed by atoms with Crippen molar-refractivity contribution in [1.82, 2.24) is 4.90 Å². The van der Waals surface area contributed by atoms with E-state index in [-0.39, 0.29) is 11.5 Å². The van der Waals surface area contributed by atoms with Crippen LogP contribution in [0.4, 0.5) is 0 Å². The minimum atomic E-state index is -0.00799. The highest BCUT2D eigenvalue weighted by Crippen LogP contribution is 2.24. The number of piperidine rings is 1. The Labute approximate surface area is 93.8 Å². The van der Waals surface area contributed by atoms with Crippen LogP contribution in [0, 0.1) is 0 Å². The van der Waals surface area contributed by atoms with Gasteiger partial charge in [-0.2, -0.15) is 0 Å². The van der Waals surface area contributed by atoms with Gasteiger partial charge in [-0.3, -0.25) is 4.79 Å². The van der Waals surface area contributed by atoms with E-state index in [1.54, 1.807) is 14.0 Å². The molecule has 0 unspecified atom stereocenters. The number of hydrogen-bond acceptors (Lipinski definition) is 2. The molecule has 1 rings (SSSR count). The zero-order chi connectivity index (χ0) is 11.9. The number of nitrogens with zero attached hydrogens (tertiary/aromatic N) is 1. The van der Waals surface area contributed by atoms with E-state index >= 15 is 0 Å². The Bertz CT molecular complexity index is 184. The van der Waals surface area contributed by atoms with Crippen LogP contribution in [0.5, 0.6) is 0 Å². The first-order valence-corrected chi connectivity index (χ1v) is 5.79. The maximum atomic E-state index is 11.0. The van der Waals surface area contributed by atoms with E-state index in [1.807, 2.05) is 4.90 Å². The smallest absolute Gasteiger partial charge is 0.219 e. The van der Waals surface area contributed by atoms with Crippen LogP contribution < -0.4 is 0 Å². The Morgan fingerprint density at radius 1 is 1.33 bits per heavy atom. The Morgan fingerprint density at radius 2 is 1.73 bits per heavy atom. The molecule has 1 aliphatic rings. The molecule has 1 amide bonds. The number of likely N-dealkylation sites (tertiary alicyclic amines) is 1. The molecule has 3 heteroatoms. The van der Waals surface area contributed by atoms with Crippen LogP contribution in [0.2, 0.25) is 0 Å².